The number of halogens is 2. The number of H-pyrrole nitrogens is 1. The molecule has 0 atom stereocenters. The molecule has 90 valence electrons. The fourth-order valence-corrected chi connectivity index (χ4v) is 2.60. The van der Waals surface area contributed by atoms with E-state index in [-0.39, 0.29) is 0 Å². The summed E-state index contributed by atoms with van der Waals surface area (Å²) in [6.07, 6.45) is 0. The van der Waals surface area contributed by atoms with Crippen LogP contribution in [0.4, 0.5) is 0 Å². The number of fused-ring (bicyclic) bond motifs is 1. The summed E-state index contributed by atoms with van der Waals surface area (Å²) in [6, 6.07) is 11.9. The third-order valence-electron chi connectivity index (χ3n) is 2.84. The van der Waals surface area contributed by atoms with Gasteiger partial charge < -0.3 is 4.98 Å². The largest absolute Gasteiger partial charge is 0.338 e. The van der Waals surface area contributed by atoms with Crippen molar-refractivity contribution in [3.8, 4) is 11.4 Å². The molecule has 0 unspecified atom stereocenters. The number of hydrogen-bond donors (Lipinski definition) is 1. The van der Waals surface area contributed by atoms with Gasteiger partial charge in [0.25, 0.3) is 0 Å². The van der Waals surface area contributed by atoms with E-state index in [9.17, 15) is 0 Å². The second kappa shape index (κ2) is 4.41. The van der Waals surface area contributed by atoms with Gasteiger partial charge in [-0.15, -0.1) is 0 Å². The summed E-state index contributed by atoms with van der Waals surface area (Å²) in [4.78, 5) is 7.86. The zero-order chi connectivity index (χ0) is 12.7. The van der Waals surface area contributed by atoms with Gasteiger partial charge in [0.05, 0.1) is 10.5 Å². The van der Waals surface area contributed by atoms with E-state index in [1.165, 1.54) is 5.56 Å². The molecule has 4 heteroatoms. The Hall–Kier alpha value is -1.32. The number of benzene rings is 2. The highest BCUT2D eigenvalue weighted by atomic mass is 79.9. The van der Waals surface area contributed by atoms with Gasteiger partial charge in [0, 0.05) is 10.0 Å². The number of imidazole rings is 1. The molecule has 0 saturated carbocycles. The Kier molecular flexibility index (Phi) is 2.88. The maximum atomic E-state index is 6.13. The van der Waals surface area contributed by atoms with Gasteiger partial charge in [0.1, 0.15) is 11.3 Å². The van der Waals surface area contributed by atoms with Crippen molar-refractivity contribution in [2.24, 2.45) is 0 Å². The molecule has 2 nitrogen and oxygen atoms in total. The highest BCUT2D eigenvalue weighted by Crippen LogP contribution is 2.30. The van der Waals surface area contributed by atoms with E-state index in [1.54, 1.807) is 0 Å². The van der Waals surface area contributed by atoms with Crippen molar-refractivity contribution in [2.75, 3.05) is 0 Å². The monoisotopic (exact) mass is 320 g/mol. The van der Waals surface area contributed by atoms with Gasteiger partial charge in [-0.05, 0) is 31.2 Å². The molecule has 0 aliphatic rings. The second-order valence-corrected chi connectivity index (χ2v) is 5.47. The summed E-state index contributed by atoms with van der Waals surface area (Å²) in [5.74, 6) is 0.827. The van der Waals surface area contributed by atoms with Gasteiger partial charge in [0.2, 0.25) is 0 Å². The SMILES string of the molecule is Cc1ccc(Br)c(-c2nc3c(Cl)cccc3[nH]2)c1. The molecule has 0 fully saturated rings. The smallest absolute Gasteiger partial charge is 0.139 e. The first-order chi connectivity index (χ1) is 8.65. The van der Waals surface area contributed by atoms with Crippen LogP contribution in [0.1, 0.15) is 5.56 Å². The number of nitrogens with one attached hydrogen (secondary N) is 1. The van der Waals surface area contributed by atoms with Gasteiger partial charge >= 0.3 is 0 Å². The van der Waals surface area contributed by atoms with Crippen LogP contribution in [0.3, 0.4) is 0 Å². The Labute approximate surface area is 118 Å². The van der Waals surface area contributed by atoms with Crippen LogP contribution in [-0.4, -0.2) is 9.97 Å². The molecule has 1 aromatic heterocycles. The molecular formula is C14H10BrClN2. The number of aryl methyl sites for hydroxylation is 1. The summed E-state index contributed by atoms with van der Waals surface area (Å²) in [6.45, 7) is 2.06. The molecular weight excluding hydrogens is 312 g/mol. The van der Waals surface area contributed by atoms with Crippen LogP contribution in [0.25, 0.3) is 22.4 Å². The van der Waals surface area contributed by atoms with Crippen LogP contribution in [-0.2, 0) is 0 Å². The van der Waals surface area contributed by atoms with E-state index in [0.29, 0.717) is 5.02 Å². The first kappa shape index (κ1) is 11.8. The molecule has 0 spiro atoms. The minimum absolute atomic E-state index is 0.666. The molecule has 3 rings (SSSR count). The number of nitrogens with zero attached hydrogens (tertiary/aromatic N) is 1. The Morgan fingerprint density at radius 3 is 2.83 bits per heavy atom. The molecule has 3 aromatic rings. The van der Waals surface area contributed by atoms with Crippen molar-refractivity contribution in [2.45, 2.75) is 6.92 Å². The fourth-order valence-electron chi connectivity index (χ4n) is 1.95. The lowest BCUT2D eigenvalue weighted by Gasteiger charge is -2.01. The molecule has 0 amide bonds. The first-order valence-electron chi connectivity index (χ1n) is 5.56. The molecule has 0 aliphatic carbocycles. The maximum absolute atomic E-state index is 6.13. The van der Waals surface area contributed by atoms with E-state index in [0.717, 1.165) is 26.9 Å². The molecule has 2 aromatic carbocycles. The molecule has 0 bridgehead atoms. The summed E-state index contributed by atoms with van der Waals surface area (Å²) in [5.41, 5.74) is 4.00. The molecule has 0 radical (unpaired) electrons. The van der Waals surface area contributed by atoms with E-state index in [2.05, 4.69) is 45.0 Å². The van der Waals surface area contributed by atoms with Crippen LogP contribution in [0, 0.1) is 6.92 Å². The molecule has 1 heterocycles. The van der Waals surface area contributed by atoms with Gasteiger partial charge in [-0.1, -0.05) is 45.2 Å². The molecule has 0 saturated heterocycles. The highest BCUT2D eigenvalue weighted by molar-refractivity contribution is 9.10. The number of para-hydroxylation sites is 1. The average molecular weight is 322 g/mol. The lowest BCUT2D eigenvalue weighted by atomic mass is 10.1. The Balaban J connectivity index is 2.26. The summed E-state index contributed by atoms with van der Waals surface area (Å²) in [7, 11) is 0. The summed E-state index contributed by atoms with van der Waals surface area (Å²) < 4.78 is 1.02. The highest BCUT2D eigenvalue weighted by Gasteiger charge is 2.10. The minimum atomic E-state index is 0.666. The number of rotatable bonds is 1. The van der Waals surface area contributed by atoms with Crippen molar-refractivity contribution in [3.63, 3.8) is 0 Å². The van der Waals surface area contributed by atoms with Crippen LogP contribution >= 0.6 is 27.5 Å². The van der Waals surface area contributed by atoms with Crippen LogP contribution in [0.5, 0.6) is 0 Å². The lowest BCUT2D eigenvalue weighted by Crippen LogP contribution is -1.83. The topological polar surface area (TPSA) is 28.7 Å². The Morgan fingerprint density at radius 2 is 2.06 bits per heavy atom. The van der Waals surface area contributed by atoms with Crippen molar-refractivity contribution in [1.82, 2.24) is 9.97 Å². The van der Waals surface area contributed by atoms with E-state index < -0.39 is 0 Å². The van der Waals surface area contributed by atoms with Crippen molar-refractivity contribution in [1.29, 1.82) is 0 Å². The third-order valence-corrected chi connectivity index (χ3v) is 3.84. The Bertz CT molecular complexity index is 734. The predicted molar refractivity (Wildman–Crippen MR) is 79.0 cm³/mol. The Morgan fingerprint density at radius 1 is 1.22 bits per heavy atom. The third kappa shape index (κ3) is 1.93. The molecule has 18 heavy (non-hydrogen) atoms. The second-order valence-electron chi connectivity index (χ2n) is 4.20. The number of aromatic nitrogens is 2. The van der Waals surface area contributed by atoms with Crippen molar-refractivity contribution < 1.29 is 0 Å². The van der Waals surface area contributed by atoms with Crippen LogP contribution < -0.4 is 0 Å². The van der Waals surface area contributed by atoms with Gasteiger partial charge in [-0.2, -0.15) is 0 Å². The van der Waals surface area contributed by atoms with Crippen LogP contribution in [0.2, 0.25) is 5.02 Å². The zero-order valence-electron chi connectivity index (χ0n) is 9.67. The van der Waals surface area contributed by atoms with Gasteiger partial charge in [-0.25, -0.2) is 4.98 Å². The van der Waals surface area contributed by atoms with Crippen LogP contribution in [0.15, 0.2) is 40.9 Å². The van der Waals surface area contributed by atoms with Gasteiger partial charge in [-0.3, -0.25) is 0 Å². The fraction of sp³-hybridized carbons (Fsp3) is 0.0714. The van der Waals surface area contributed by atoms with Crippen molar-refractivity contribution in [3.05, 3.63) is 51.5 Å². The number of hydrogen-bond acceptors (Lipinski definition) is 1. The molecule has 1 N–H and O–H groups in total. The summed E-state index contributed by atoms with van der Waals surface area (Å²) >= 11 is 9.68. The molecule has 0 aliphatic heterocycles. The number of aromatic amines is 1. The zero-order valence-corrected chi connectivity index (χ0v) is 12.0. The van der Waals surface area contributed by atoms with Crippen molar-refractivity contribution >= 4 is 38.6 Å². The lowest BCUT2D eigenvalue weighted by molar-refractivity contribution is 1.31. The van der Waals surface area contributed by atoms with Gasteiger partial charge in [0.15, 0.2) is 0 Å². The average Bonchev–Trinajstić information content (AvgIpc) is 2.77. The summed E-state index contributed by atoms with van der Waals surface area (Å²) in [5, 5.41) is 0.666. The first-order valence-corrected chi connectivity index (χ1v) is 6.73. The standard InChI is InChI=1S/C14H10BrClN2/c1-8-5-6-10(15)9(7-8)14-17-12-4-2-3-11(16)13(12)18-14/h2-7H,1H3,(H,17,18). The van der Waals surface area contributed by atoms with E-state index >= 15 is 0 Å². The normalized spacial score (nSPS) is 11.1. The predicted octanol–water partition coefficient (Wildman–Crippen LogP) is 4.95. The maximum Gasteiger partial charge on any atom is 0.139 e. The van der Waals surface area contributed by atoms with E-state index in [1.807, 2.05) is 24.3 Å². The van der Waals surface area contributed by atoms with E-state index in [4.69, 9.17) is 11.6 Å². The quantitative estimate of drug-likeness (QED) is 0.674. The minimum Gasteiger partial charge on any atom is -0.338 e.